The average Bonchev–Trinajstić information content (AvgIpc) is 2.82. The summed E-state index contributed by atoms with van der Waals surface area (Å²) in [6, 6.07) is 2.80. The Balaban J connectivity index is 1.86. The van der Waals surface area contributed by atoms with Crippen LogP contribution in [0.3, 0.4) is 0 Å². The highest BCUT2D eigenvalue weighted by Gasteiger charge is 2.34. The fourth-order valence-corrected chi connectivity index (χ4v) is 4.04. The van der Waals surface area contributed by atoms with E-state index < -0.39 is 0 Å². The second-order valence-corrected chi connectivity index (χ2v) is 6.95. The number of rotatable bonds is 5. The number of thiophene rings is 1. The second-order valence-electron chi connectivity index (χ2n) is 5.04. The van der Waals surface area contributed by atoms with Crippen molar-refractivity contribution in [2.75, 3.05) is 6.61 Å². The Kier molecular flexibility index (Phi) is 5.24. The summed E-state index contributed by atoms with van der Waals surface area (Å²) in [5, 5.41) is 5.83. The van der Waals surface area contributed by atoms with Gasteiger partial charge in [-0.2, -0.15) is 0 Å². The predicted molar refractivity (Wildman–Crippen MR) is 81.1 cm³/mol. The van der Waals surface area contributed by atoms with Crippen molar-refractivity contribution < 1.29 is 4.74 Å². The van der Waals surface area contributed by atoms with Crippen LogP contribution in [0, 0.1) is 0 Å². The monoisotopic (exact) mass is 331 g/mol. The molecule has 1 atom stereocenters. The van der Waals surface area contributed by atoms with Crippen molar-refractivity contribution in [1.29, 1.82) is 0 Å². The summed E-state index contributed by atoms with van der Waals surface area (Å²) in [6.45, 7) is 6.35. The Labute approximate surface area is 122 Å². The third-order valence-corrected chi connectivity index (χ3v) is 5.67. The van der Waals surface area contributed by atoms with Gasteiger partial charge in [0.15, 0.2) is 0 Å². The lowest BCUT2D eigenvalue weighted by Gasteiger charge is -2.40. The van der Waals surface area contributed by atoms with E-state index in [2.05, 4.69) is 46.5 Å². The van der Waals surface area contributed by atoms with E-state index in [1.165, 1.54) is 9.35 Å². The van der Waals surface area contributed by atoms with Crippen LogP contribution in [-0.4, -0.2) is 18.2 Å². The molecule has 0 amide bonds. The minimum Gasteiger partial charge on any atom is -0.375 e. The summed E-state index contributed by atoms with van der Waals surface area (Å²) in [7, 11) is 0. The van der Waals surface area contributed by atoms with E-state index in [1.54, 1.807) is 0 Å². The molecule has 1 aliphatic heterocycles. The minimum absolute atomic E-state index is 0.117. The SMILES string of the molecule is CCC1(CC)CC(NCc2cc(Br)cs2)CCO1. The Morgan fingerprint density at radius 2 is 2.28 bits per heavy atom. The maximum Gasteiger partial charge on any atom is 0.0692 e. The molecule has 2 heterocycles. The Hall–Kier alpha value is 0.1000. The molecule has 1 fully saturated rings. The van der Waals surface area contributed by atoms with Crippen LogP contribution < -0.4 is 5.32 Å². The number of hydrogen-bond acceptors (Lipinski definition) is 3. The maximum absolute atomic E-state index is 6.01. The summed E-state index contributed by atoms with van der Waals surface area (Å²) < 4.78 is 7.19. The average molecular weight is 332 g/mol. The zero-order valence-electron chi connectivity index (χ0n) is 11.2. The third-order valence-electron chi connectivity index (χ3n) is 3.97. The summed E-state index contributed by atoms with van der Waals surface area (Å²) in [5.74, 6) is 0. The van der Waals surface area contributed by atoms with Gasteiger partial charge in [-0.05, 0) is 47.7 Å². The zero-order valence-corrected chi connectivity index (χ0v) is 13.6. The molecule has 4 heteroatoms. The molecule has 2 nitrogen and oxygen atoms in total. The van der Waals surface area contributed by atoms with E-state index >= 15 is 0 Å². The fourth-order valence-electron chi connectivity index (χ4n) is 2.64. The third kappa shape index (κ3) is 3.56. The predicted octanol–water partition coefficient (Wildman–Crippen LogP) is 4.34. The Bertz CT molecular complexity index is 376. The normalized spacial score (nSPS) is 23.2. The molecule has 0 spiro atoms. The first kappa shape index (κ1) is 14.5. The summed E-state index contributed by atoms with van der Waals surface area (Å²) in [5.41, 5.74) is 0.117. The van der Waals surface area contributed by atoms with Crippen molar-refractivity contribution in [3.63, 3.8) is 0 Å². The highest BCUT2D eigenvalue weighted by atomic mass is 79.9. The van der Waals surface area contributed by atoms with Gasteiger partial charge in [0.05, 0.1) is 5.60 Å². The van der Waals surface area contributed by atoms with Crippen LogP contribution in [0.15, 0.2) is 15.9 Å². The smallest absolute Gasteiger partial charge is 0.0692 e. The summed E-state index contributed by atoms with van der Waals surface area (Å²) >= 11 is 5.31. The highest BCUT2D eigenvalue weighted by Crippen LogP contribution is 2.31. The van der Waals surface area contributed by atoms with Gasteiger partial charge in [-0.15, -0.1) is 11.3 Å². The van der Waals surface area contributed by atoms with Gasteiger partial charge in [0.25, 0.3) is 0 Å². The molecule has 1 aliphatic rings. The molecule has 0 radical (unpaired) electrons. The highest BCUT2D eigenvalue weighted by molar-refractivity contribution is 9.10. The molecule has 18 heavy (non-hydrogen) atoms. The fraction of sp³-hybridized carbons (Fsp3) is 0.714. The molecular weight excluding hydrogens is 310 g/mol. The lowest BCUT2D eigenvalue weighted by molar-refractivity contribution is -0.0931. The quantitative estimate of drug-likeness (QED) is 0.866. The molecule has 102 valence electrons. The molecule has 1 aromatic heterocycles. The molecular formula is C14H22BrNOS. The van der Waals surface area contributed by atoms with Gasteiger partial charge in [-0.1, -0.05) is 13.8 Å². The molecule has 1 saturated heterocycles. The van der Waals surface area contributed by atoms with Crippen LogP contribution in [0.2, 0.25) is 0 Å². The van der Waals surface area contributed by atoms with Crippen LogP contribution >= 0.6 is 27.3 Å². The standard InChI is InChI=1S/C14H22BrNOS/c1-3-14(4-2)8-12(5-6-17-14)16-9-13-7-11(15)10-18-13/h7,10,12,16H,3-6,8-9H2,1-2H3. The van der Waals surface area contributed by atoms with Gasteiger partial charge in [-0.3, -0.25) is 0 Å². The van der Waals surface area contributed by atoms with Crippen LogP contribution in [-0.2, 0) is 11.3 Å². The van der Waals surface area contributed by atoms with Crippen molar-refractivity contribution >= 4 is 27.3 Å². The van der Waals surface area contributed by atoms with Crippen molar-refractivity contribution in [3.8, 4) is 0 Å². The lowest BCUT2D eigenvalue weighted by Crippen LogP contribution is -2.46. The second kappa shape index (κ2) is 6.51. The number of halogens is 1. The van der Waals surface area contributed by atoms with Crippen LogP contribution in [0.1, 0.15) is 44.4 Å². The molecule has 1 aromatic rings. The van der Waals surface area contributed by atoms with Crippen LogP contribution in [0.5, 0.6) is 0 Å². The summed E-state index contributed by atoms with van der Waals surface area (Å²) in [6.07, 6.45) is 4.51. The van der Waals surface area contributed by atoms with E-state index in [0.29, 0.717) is 6.04 Å². The minimum atomic E-state index is 0.117. The number of hydrogen-bond donors (Lipinski definition) is 1. The van der Waals surface area contributed by atoms with E-state index in [0.717, 1.165) is 38.8 Å². The number of nitrogens with one attached hydrogen (secondary N) is 1. The molecule has 1 N–H and O–H groups in total. The summed E-state index contributed by atoms with van der Waals surface area (Å²) in [4.78, 5) is 1.40. The van der Waals surface area contributed by atoms with Crippen molar-refractivity contribution in [2.45, 2.75) is 57.7 Å². The van der Waals surface area contributed by atoms with E-state index in [1.807, 2.05) is 11.3 Å². The van der Waals surface area contributed by atoms with Gasteiger partial charge in [-0.25, -0.2) is 0 Å². The first-order valence-electron chi connectivity index (χ1n) is 6.77. The van der Waals surface area contributed by atoms with Gasteiger partial charge in [0.2, 0.25) is 0 Å². The Morgan fingerprint density at radius 3 is 2.89 bits per heavy atom. The maximum atomic E-state index is 6.01. The van der Waals surface area contributed by atoms with E-state index in [-0.39, 0.29) is 5.60 Å². The molecule has 0 aliphatic carbocycles. The van der Waals surface area contributed by atoms with Gasteiger partial charge >= 0.3 is 0 Å². The zero-order chi connectivity index (χ0) is 13.0. The molecule has 0 saturated carbocycles. The van der Waals surface area contributed by atoms with Crippen molar-refractivity contribution in [3.05, 3.63) is 20.8 Å². The van der Waals surface area contributed by atoms with Gasteiger partial charge in [0, 0.05) is 33.9 Å². The largest absolute Gasteiger partial charge is 0.375 e. The molecule has 1 unspecified atom stereocenters. The van der Waals surface area contributed by atoms with E-state index in [9.17, 15) is 0 Å². The topological polar surface area (TPSA) is 21.3 Å². The van der Waals surface area contributed by atoms with Crippen molar-refractivity contribution in [1.82, 2.24) is 5.32 Å². The molecule has 0 aromatic carbocycles. The van der Waals surface area contributed by atoms with Crippen LogP contribution in [0.4, 0.5) is 0 Å². The van der Waals surface area contributed by atoms with Gasteiger partial charge in [0.1, 0.15) is 0 Å². The number of ether oxygens (including phenoxy) is 1. The Morgan fingerprint density at radius 1 is 1.50 bits per heavy atom. The van der Waals surface area contributed by atoms with E-state index in [4.69, 9.17) is 4.74 Å². The first-order chi connectivity index (χ1) is 8.67. The molecule has 0 bridgehead atoms. The van der Waals surface area contributed by atoms with Crippen molar-refractivity contribution in [2.24, 2.45) is 0 Å². The lowest BCUT2D eigenvalue weighted by atomic mass is 9.86. The first-order valence-corrected chi connectivity index (χ1v) is 8.45. The van der Waals surface area contributed by atoms with Gasteiger partial charge < -0.3 is 10.1 Å². The van der Waals surface area contributed by atoms with Crippen LogP contribution in [0.25, 0.3) is 0 Å². The molecule has 2 rings (SSSR count).